The Morgan fingerprint density at radius 2 is 2.06 bits per heavy atom. The van der Waals surface area contributed by atoms with Gasteiger partial charge in [0.25, 0.3) is 5.06 Å². The van der Waals surface area contributed by atoms with Crippen LogP contribution < -0.4 is 4.74 Å². The number of carbonyl (C=O) groups is 2. The molecule has 8 nitrogen and oxygen atoms in total. The van der Waals surface area contributed by atoms with Crippen molar-refractivity contribution in [1.29, 1.82) is 0 Å². The second-order valence-electron chi connectivity index (χ2n) is 2.90. The van der Waals surface area contributed by atoms with Gasteiger partial charge in [0.2, 0.25) is 0 Å². The minimum atomic E-state index is -0.713. The average molecular weight is 275 g/mol. The van der Waals surface area contributed by atoms with E-state index in [0.29, 0.717) is 0 Å². The molecule has 9 heteroatoms. The van der Waals surface area contributed by atoms with Crippen LogP contribution in [0.2, 0.25) is 0 Å². The summed E-state index contributed by atoms with van der Waals surface area (Å²) in [5.74, 6) is -1.40. The summed E-state index contributed by atoms with van der Waals surface area (Å²) in [6, 6.07) is 1.03. The van der Waals surface area contributed by atoms with Crippen molar-refractivity contribution in [1.82, 2.24) is 0 Å². The normalized spacial score (nSPS) is 9.67. The second-order valence-corrected chi connectivity index (χ2v) is 3.91. The van der Waals surface area contributed by atoms with Crippen molar-refractivity contribution in [2.45, 2.75) is 0 Å². The van der Waals surface area contributed by atoms with Crippen LogP contribution >= 0.6 is 11.3 Å². The van der Waals surface area contributed by atoms with Crippen molar-refractivity contribution in [3.8, 4) is 5.06 Å². The van der Waals surface area contributed by atoms with Crippen LogP contribution in [0.4, 0.5) is 5.69 Å². The molecule has 1 rings (SSSR count). The predicted molar refractivity (Wildman–Crippen MR) is 59.8 cm³/mol. The van der Waals surface area contributed by atoms with Gasteiger partial charge in [-0.3, -0.25) is 10.1 Å². The summed E-state index contributed by atoms with van der Waals surface area (Å²) in [5.41, 5.74) is -0.399. The Kier molecular flexibility index (Phi) is 4.60. The van der Waals surface area contributed by atoms with Crippen molar-refractivity contribution in [3.63, 3.8) is 0 Å². The Labute approximate surface area is 105 Å². The summed E-state index contributed by atoms with van der Waals surface area (Å²) in [6.07, 6.45) is 0. The van der Waals surface area contributed by atoms with E-state index in [-0.39, 0.29) is 9.94 Å². The molecule has 0 fully saturated rings. The van der Waals surface area contributed by atoms with Crippen LogP contribution in [0.1, 0.15) is 9.67 Å². The van der Waals surface area contributed by atoms with Gasteiger partial charge < -0.3 is 14.2 Å². The summed E-state index contributed by atoms with van der Waals surface area (Å²) < 4.78 is 13.7. The van der Waals surface area contributed by atoms with E-state index in [4.69, 9.17) is 4.74 Å². The zero-order chi connectivity index (χ0) is 13.7. The minimum absolute atomic E-state index is 0.0177. The highest BCUT2D eigenvalue weighted by molar-refractivity contribution is 7.16. The molecular weight excluding hydrogens is 266 g/mol. The second kappa shape index (κ2) is 5.96. The summed E-state index contributed by atoms with van der Waals surface area (Å²) in [6.45, 7) is -0.474. The van der Waals surface area contributed by atoms with E-state index in [1.165, 1.54) is 0 Å². The highest BCUT2D eigenvalue weighted by Crippen LogP contribution is 2.37. The van der Waals surface area contributed by atoms with Gasteiger partial charge in [-0.05, 0) is 0 Å². The fourth-order valence-corrected chi connectivity index (χ4v) is 1.87. The number of nitrogens with zero attached hydrogens (tertiary/aromatic N) is 1. The molecule has 18 heavy (non-hydrogen) atoms. The molecule has 0 aliphatic carbocycles. The summed E-state index contributed by atoms with van der Waals surface area (Å²) in [7, 11) is 2.32. The number of ether oxygens (including phenoxy) is 3. The highest BCUT2D eigenvalue weighted by Gasteiger charge is 2.24. The van der Waals surface area contributed by atoms with E-state index in [2.05, 4.69) is 9.47 Å². The quantitative estimate of drug-likeness (QED) is 0.448. The van der Waals surface area contributed by atoms with Gasteiger partial charge in [0.15, 0.2) is 6.61 Å². The average Bonchev–Trinajstić information content (AvgIpc) is 2.79. The molecule has 0 aromatic carbocycles. The maximum atomic E-state index is 11.2. The fraction of sp³-hybridized carbons (Fsp3) is 0.333. The van der Waals surface area contributed by atoms with Crippen molar-refractivity contribution < 1.29 is 28.7 Å². The first-order chi connectivity index (χ1) is 8.49. The number of nitro groups is 1. The zero-order valence-electron chi connectivity index (χ0n) is 9.50. The number of thiophene rings is 1. The van der Waals surface area contributed by atoms with Crippen LogP contribution in [-0.2, 0) is 14.3 Å². The molecule has 0 bridgehead atoms. The molecule has 98 valence electrons. The Morgan fingerprint density at radius 3 is 2.56 bits per heavy atom. The topological polar surface area (TPSA) is 105 Å². The monoisotopic (exact) mass is 275 g/mol. The molecule has 0 atom stereocenters. The van der Waals surface area contributed by atoms with Gasteiger partial charge in [0.05, 0.1) is 19.1 Å². The smallest absolute Gasteiger partial charge is 0.348 e. The summed E-state index contributed by atoms with van der Waals surface area (Å²) >= 11 is 0.727. The fourth-order valence-electron chi connectivity index (χ4n) is 0.980. The third-order valence-corrected chi connectivity index (χ3v) is 2.83. The standard InChI is InChI=1S/C9H9NO7S/c1-15-7(11)4-17-9-5(10(13)14)3-6(18-9)8(12)16-2/h3H,4H2,1-2H3. The summed E-state index contributed by atoms with van der Waals surface area (Å²) in [4.78, 5) is 32.1. The molecule has 0 aliphatic heterocycles. The van der Waals surface area contributed by atoms with Crippen molar-refractivity contribution in [2.24, 2.45) is 0 Å². The highest BCUT2D eigenvalue weighted by atomic mass is 32.1. The van der Waals surface area contributed by atoms with Gasteiger partial charge in [-0.25, -0.2) is 9.59 Å². The van der Waals surface area contributed by atoms with E-state index in [1.807, 2.05) is 0 Å². The van der Waals surface area contributed by atoms with Crippen LogP contribution in [0, 0.1) is 10.1 Å². The van der Waals surface area contributed by atoms with E-state index >= 15 is 0 Å². The molecule has 0 N–H and O–H groups in total. The van der Waals surface area contributed by atoms with Crippen LogP contribution in [-0.4, -0.2) is 37.7 Å². The zero-order valence-corrected chi connectivity index (χ0v) is 10.3. The van der Waals surface area contributed by atoms with Crippen molar-refractivity contribution in [2.75, 3.05) is 20.8 Å². The first-order valence-electron chi connectivity index (χ1n) is 4.55. The first-order valence-corrected chi connectivity index (χ1v) is 5.37. The van der Waals surface area contributed by atoms with E-state index in [9.17, 15) is 19.7 Å². The lowest BCUT2D eigenvalue weighted by Gasteiger charge is -2.00. The van der Waals surface area contributed by atoms with E-state index in [0.717, 1.165) is 31.6 Å². The van der Waals surface area contributed by atoms with Gasteiger partial charge in [-0.1, -0.05) is 11.3 Å². The molecular formula is C9H9NO7S. The van der Waals surface area contributed by atoms with Gasteiger partial charge >= 0.3 is 17.6 Å². The molecule has 0 radical (unpaired) electrons. The molecule has 1 aromatic heterocycles. The van der Waals surface area contributed by atoms with Gasteiger partial charge in [-0.15, -0.1) is 0 Å². The SMILES string of the molecule is COC(=O)COc1sc(C(=O)OC)cc1[N+](=O)[O-]. The Morgan fingerprint density at radius 1 is 1.39 bits per heavy atom. The van der Waals surface area contributed by atoms with E-state index < -0.39 is 29.2 Å². The van der Waals surface area contributed by atoms with Gasteiger partial charge in [0, 0.05) is 6.07 Å². The lowest BCUT2D eigenvalue weighted by molar-refractivity contribution is -0.385. The minimum Gasteiger partial charge on any atom is -0.467 e. The molecule has 0 spiro atoms. The van der Waals surface area contributed by atoms with Crippen LogP contribution in [0.25, 0.3) is 0 Å². The van der Waals surface area contributed by atoms with E-state index in [1.54, 1.807) is 0 Å². The van der Waals surface area contributed by atoms with Crippen LogP contribution in [0.3, 0.4) is 0 Å². The number of hydrogen-bond acceptors (Lipinski definition) is 8. The van der Waals surface area contributed by atoms with Crippen molar-refractivity contribution >= 4 is 29.0 Å². The van der Waals surface area contributed by atoms with Crippen LogP contribution in [0.5, 0.6) is 5.06 Å². The molecule has 0 saturated carbocycles. The molecule has 0 unspecified atom stereocenters. The van der Waals surface area contributed by atoms with Crippen molar-refractivity contribution in [3.05, 3.63) is 21.1 Å². The Hall–Kier alpha value is -2.16. The maximum Gasteiger partial charge on any atom is 0.348 e. The molecule has 1 heterocycles. The number of esters is 2. The third-order valence-electron chi connectivity index (χ3n) is 1.81. The lowest BCUT2D eigenvalue weighted by atomic mass is 10.4. The maximum absolute atomic E-state index is 11.2. The molecule has 0 amide bonds. The van der Waals surface area contributed by atoms with Gasteiger partial charge in [-0.2, -0.15) is 0 Å². The van der Waals surface area contributed by atoms with Gasteiger partial charge in [0.1, 0.15) is 4.88 Å². The number of carbonyl (C=O) groups excluding carboxylic acids is 2. The Bertz CT molecular complexity index is 481. The Balaban J connectivity index is 2.94. The first kappa shape index (κ1) is 13.9. The molecule has 0 saturated heterocycles. The number of rotatable bonds is 5. The third kappa shape index (κ3) is 3.17. The number of methoxy groups -OCH3 is 2. The predicted octanol–water partition coefficient (Wildman–Crippen LogP) is 0.995. The molecule has 1 aromatic rings. The largest absolute Gasteiger partial charge is 0.467 e. The van der Waals surface area contributed by atoms with Crippen LogP contribution in [0.15, 0.2) is 6.07 Å². The lowest BCUT2D eigenvalue weighted by Crippen LogP contribution is -2.12. The summed E-state index contributed by atoms with van der Waals surface area (Å²) in [5, 5.41) is 10.6. The molecule has 0 aliphatic rings. The number of hydrogen-bond donors (Lipinski definition) is 0.